The molecule has 0 amide bonds. The van der Waals surface area contributed by atoms with Gasteiger partial charge in [0.25, 0.3) is 0 Å². The Labute approximate surface area is 370 Å². The first-order valence-electron chi connectivity index (χ1n) is 25.3. The van der Waals surface area contributed by atoms with Crippen molar-refractivity contribution in [3.8, 4) is 0 Å². The molecule has 0 saturated carbocycles. The van der Waals surface area contributed by atoms with Crippen LogP contribution in [0.25, 0.3) is 0 Å². The van der Waals surface area contributed by atoms with Gasteiger partial charge in [-0.15, -0.1) is 0 Å². The Kier molecular flexibility index (Phi) is 46.4. The van der Waals surface area contributed by atoms with Crippen LogP contribution in [-0.2, 0) is 28.6 Å². The van der Waals surface area contributed by atoms with Gasteiger partial charge in [0.2, 0.25) is 0 Å². The van der Waals surface area contributed by atoms with E-state index in [1.54, 1.807) is 0 Å². The van der Waals surface area contributed by atoms with E-state index >= 15 is 0 Å². The van der Waals surface area contributed by atoms with Gasteiger partial charge in [-0.25, -0.2) is 0 Å². The summed E-state index contributed by atoms with van der Waals surface area (Å²) in [5, 5.41) is 0. The minimum absolute atomic E-state index is 0.0931. The molecule has 0 aromatic heterocycles. The first-order chi connectivity index (χ1) is 29.5. The predicted molar refractivity (Wildman–Crippen MR) is 256 cm³/mol. The lowest BCUT2D eigenvalue weighted by Crippen LogP contribution is -2.30. The van der Waals surface area contributed by atoms with Crippen LogP contribution in [0.4, 0.5) is 0 Å². The van der Waals surface area contributed by atoms with E-state index in [4.69, 9.17) is 14.2 Å². The third kappa shape index (κ3) is 46.2. The molecule has 0 aliphatic heterocycles. The summed E-state index contributed by atoms with van der Waals surface area (Å²) in [4.78, 5) is 37.9. The second-order valence-electron chi connectivity index (χ2n) is 16.8. The van der Waals surface area contributed by atoms with Crippen LogP contribution in [0.15, 0.2) is 60.8 Å². The van der Waals surface area contributed by atoms with Gasteiger partial charge in [-0.3, -0.25) is 14.4 Å². The first kappa shape index (κ1) is 57.1. The number of hydrogen-bond donors (Lipinski definition) is 0. The van der Waals surface area contributed by atoms with E-state index < -0.39 is 6.10 Å². The van der Waals surface area contributed by atoms with E-state index in [-0.39, 0.29) is 37.5 Å². The quantitative estimate of drug-likeness (QED) is 0.0200. The van der Waals surface area contributed by atoms with Crippen molar-refractivity contribution in [3.05, 3.63) is 60.8 Å². The average Bonchev–Trinajstić information content (AvgIpc) is 3.24. The zero-order valence-corrected chi connectivity index (χ0v) is 39.5. The fourth-order valence-electron chi connectivity index (χ4n) is 7.04. The molecule has 0 fully saturated rings. The highest BCUT2D eigenvalue weighted by Gasteiger charge is 2.19. The molecule has 1 unspecified atom stereocenters. The summed E-state index contributed by atoms with van der Waals surface area (Å²) in [6, 6.07) is 0. The molecule has 0 aliphatic rings. The van der Waals surface area contributed by atoms with Gasteiger partial charge < -0.3 is 14.2 Å². The monoisotopic (exact) mass is 839 g/mol. The smallest absolute Gasteiger partial charge is 0.306 e. The number of unbranched alkanes of at least 4 members (excludes halogenated alkanes) is 27. The highest BCUT2D eigenvalue weighted by atomic mass is 16.6. The number of ether oxygens (including phenoxy) is 3. The van der Waals surface area contributed by atoms with Crippen LogP contribution in [0, 0.1) is 0 Å². The number of hydrogen-bond acceptors (Lipinski definition) is 6. The fourth-order valence-corrected chi connectivity index (χ4v) is 7.04. The van der Waals surface area contributed by atoms with Crippen LogP contribution in [0.2, 0.25) is 0 Å². The predicted octanol–water partition coefficient (Wildman–Crippen LogP) is 16.5. The number of allylic oxidation sites excluding steroid dienone is 10. The second kappa shape index (κ2) is 48.8. The molecule has 0 saturated heterocycles. The van der Waals surface area contributed by atoms with Gasteiger partial charge in [-0.2, -0.15) is 0 Å². The summed E-state index contributed by atoms with van der Waals surface area (Å²) in [5.74, 6) is -0.945. The summed E-state index contributed by atoms with van der Waals surface area (Å²) in [6.07, 6.45) is 59.2. The van der Waals surface area contributed by atoms with Crippen LogP contribution in [0.5, 0.6) is 0 Å². The van der Waals surface area contributed by atoms with Crippen LogP contribution < -0.4 is 0 Å². The highest BCUT2D eigenvalue weighted by Crippen LogP contribution is 2.15. The lowest BCUT2D eigenvalue weighted by Gasteiger charge is -2.18. The normalized spacial score (nSPS) is 12.5. The lowest BCUT2D eigenvalue weighted by molar-refractivity contribution is -0.167. The second-order valence-corrected chi connectivity index (χ2v) is 16.8. The molecular weight excluding hydrogens is 745 g/mol. The first-order valence-corrected chi connectivity index (χ1v) is 25.3. The molecule has 0 bridgehead atoms. The molecule has 0 radical (unpaired) electrons. The number of rotatable bonds is 45. The van der Waals surface area contributed by atoms with Crippen LogP contribution in [0.3, 0.4) is 0 Å². The molecule has 0 aromatic rings. The van der Waals surface area contributed by atoms with Gasteiger partial charge in [0.05, 0.1) is 0 Å². The topological polar surface area (TPSA) is 78.9 Å². The molecule has 6 heteroatoms. The fraction of sp³-hybridized carbons (Fsp3) is 0.759. The van der Waals surface area contributed by atoms with Gasteiger partial charge in [-0.1, -0.05) is 223 Å². The van der Waals surface area contributed by atoms with Crippen molar-refractivity contribution in [1.29, 1.82) is 0 Å². The summed E-state index contributed by atoms with van der Waals surface area (Å²) in [6.45, 7) is 6.45. The SMILES string of the molecule is CC/C=C/C=C/C=C/C=C/CCCCCC(=O)OC(COC(=O)CCCCC/C=C/CCCCCCCC)COC(=O)CCCCCCCCCCCCCCCCCC. The summed E-state index contributed by atoms with van der Waals surface area (Å²) >= 11 is 0. The zero-order valence-electron chi connectivity index (χ0n) is 39.5. The summed E-state index contributed by atoms with van der Waals surface area (Å²) < 4.78 is 16.7. The van der Waals surface area contributed by atoms with Crippen molar-refractivity contribution >= 4 is 17.9 Å². The van der Waals surface area contributed by atoms with Gasteiger partial charge in [0.1, 0.15) is 13.2 Å². The van der Waals surface area contributed by atoms with E-state index in [1.807, 2.05) is 36.5 Å². The lowest BCUT2D eigenvalue weighted by atomic mass is 10.0. The third-order valence-electron chi connectivity index (χ3n) is 10.9. The maximum absolute atomic E-state index is 12.7. The largest absolute Gasteiger partial charge is 0.462 e. The molecule has 0 aliphatic carbocycles. The van der Waals surface area contributed by atoms with Crippen molar-refractivity contribution < 1.29 is 28.6 Å². The Morgan fingerprint density at radius 1 is 0.350 bits per heavy atom. The van der Waals surface area contributed by atoms with Gasteiger partial charge in [0.15, 0.2) is 6.10 Å². The number of esters is 3. The molecule has 0 N–H and O–H groups in total. The van der Waals surface area contributed by atoms with Gasteiger partial charge in [-0.05, 0) is 64.2 Å². The van der Waals surface area contributed by atoms with Crippen molar-refractivity contribution in [1.82, 2.24) is 0 Å². The van der Waals surface area contributed by atoms with E-state index in [0.717, 1.165) is 83.5 Å². The summed E-state index contributed by atoms with van der Waals surface area (Å²) in [5.41, 5.74) is 0. The van der Waals surface area contributed by atoms with Crippen LogP contribution in [-0.4, -0.2) is 37.2 Å². The molecule has 6 nitrogen and oxygen atoms in total. The minimum Gasteiger partial charge on any atom is -0.462 e. The maximum atomic E-state index is 12.7. The van der Waals surface area contributed by atoms with Crippen LogP contribution >= 0.6 is 0 Å². The Morgan fingerprint density at radius 2 is 0.667 bits per heavy atom. The maximum Gasteiger partial charge on any atom is 0.306 e. The van der Waals surface area contributed by atoms with E-state index in [2.05, 4.69) is 45.1 Å². The molecule has 0 heterocycles. The molecule has 0 rings (SSSR count). The standard InChI is InChI=1S/C54H94O6/c1-4-7-10-13-16-19-22-25-26-27-30-32-35-38-41-44-47-53(56)59-50-51(60-54(57)48-45-42-39-36-33-29-24-21-18-15-12-9-6-3)49-58-52(55)46-43-40-37-34-31-28-23-20-17-14-11-8-5-2/h9,12,15,18,21,24,28-29,31,33,51H,4-8,10-11,13-14,16-17,19-20,22-23,25-27,30,32,34-50H2,1-3H3/b12-9+,18-15+,24-21+,31-28+,33-29+. The highest BCUT2D eigenvalue weighted by molar-refractivity contribution is 5.71. The van der Waals surface area contributed by atoms with Crippen molar-refractivity contribution in [3.63, 3.8) is 0 Å². The minimum atomic E-state index is -0.797. The Bertz CT molecular complexity index is 1100. The summed E-state index contributed by atoms with van der Waals surface area (Å²) in [7, 11) is 0. The van der Waals surface area contributed by atoms with Crippen molar-refractivity contribution in [2.24, 2.45) is 0 Å². The Hall–Kier alpha value is -2.89. The Morgan fingerprint density at radius 3 is 1.08 bits per heavy atom. The molecule has 346 valence electrons. The van der Waals surface area contributed by atoms with E-state index in [0.29, 0.717) is 12.8 Å². The van der Waals surface area contributed by atoms with E-state index in [1.165, 1.54) is 122 Å². The molecule has 60 heavy (non-hydrogen) atoms. The molecule has 0 spiro atoms. The zero-order chi connectivity index (χ0) is 43.7. The third-order valence-corrected chi connectivity index (χ3v) is 10.9. The van der Waals surface area contributed by atoms with Gasteiger partial charge >= 0.3 is 17.9 Å². The van der Waals surface area contributed by atoms with Gasteiger partial charge in [0, 0.05) is 19.3 Å². The number of carbonyl (C=O) groups is 3. The average molecular weight is 839 g/mol. The molecule has 0 aromatic carbocycles. The molecule has 1 atom stereocenters. The Balaban J connectivity index is 4.42. The number of carbonyl (C=O) groups excluding carboxylic acids is 3. The van der Waals surface area contributed by atoms with E-state index in [9.17, 15) is 14.4 Å². The van der Waals surface area contributed by atoms with Crippen LogP contribution in [0.1, 0.15) is 245 Å². The molecular formula is C54H94O6. The van der Waals surface area contributed by atoms with Crippen molar-refractivity contribution in [2.75, 3.05) is 13.2 Å². The van der Waals surface area contributed by atoms with Crippen molar-refractivity contribution in [2.45, 2.75) is 252 Å².